The Bertz CT molecular complexity index is 488. The number of ether oxygens (including phenoxy) is 1. The molecule has 21 heavy (non-hydrogen) atoms. The molecule has 1 aliphatic heterocycles. The van der Waals surface area contributed by atoms with E-state index >= 15 is 0 Å². The van der Waals surface area contributed by atoms with E-state index in [1.54, 1.807) is 12.1 Å². The van der Waals surface area contributed by atoms with Crippen LogP contribution in [-0.2, 0) is 9.31 Å². The van der Waals surface area contributed by atoms with Crippen molar-refractivity contribution in [3.05, 3.63) is 24.0 Å². The van der Waals surface area contributed by atoms with Crippen LogP contribution in [0.25, 0.3) is 0 Å². The van der Waals surface area contributed by atoms with Crippen LogP contribution in [0.3, 0.4) is 0 Å². The molecule has 0 radical (unpaired) electrons. The van der Waals surface area contributed by atoms with E-state index in [1.807, 2.05) is 27.7 Å². The van der Waals surface area contributed by atoms with E-state index in [0.29, 0.717) is 24.2 Å². The van der Waals surface area contributed by atoms with Crippen LogP contribution in [0, 0.1) is 5.82 Å². The lowest BCUT2D eigenvalue weighted by atomic mass is 9.78. The molecule has 2 rings (SSSR count). The Balaban J connectivity index is 2.18. The Kier molecular flexibility index (Phi) is 4.61. The van der Waals surface area contributed by atoms with E-state index in [1.165, 1.54) is 6.07 Å². The summed E-state index contributed by atoms with van der Waals surface area (Å²) in [6.07, 6.45) is 0.531. The van der Waals surface area contributed by atoms with Gasteiger partial charge in [0, 0.05) is 18.5 Å². The predicted molar refractivity (Wildman–Crippen MR) is 79.3 cm³/mol. The molecule has 0 atom stereocenters. The van der Waals surface area contributed by atoms with Crippen molar-refractivity contribution in [3.63, 3.8) is 0 Å². The van der Waals surface area contributed by atoms with Crippen molar-refractivity contribution in [2.75, 3.05) is 13.2 Å². The summed E-state index contributed by atoms with van der Waals surface area (Å²) in [5, 5.41) is 8.75. The van der Waals surface area contributed by atoms with E-state index in [4.69, 9.17) is 19.2 Å². The van der Waals surface area contributed by atoms with Gasteiger partial charge in [0.05, 0.1) is 17.8 Å². The van der Waals surface area contributed by atoms with Crippen LogP contribution >= 0.6 is 0 Å². The molecule has 0 unspecified atom stereocenters. The summed E-state index contributed by atoms with van der Waals surface area (Å²) in [5.41, 5.74) is -0.703. The first-order valence-corrected chi connectivity index (χ1v) is 7.15. The molecule has 1 aromatic carbocycles. The molecule has 0 bridgehead atoms. The zero-order valence-electron chi connectivity index (χ0n) is 13.0. The molecule has 1 heterocycles. The number of hydrogen-bond donors (Lipinski definition) is 1. The first kappa shape index (κ1) is 16.3. The second-order valence-electron chi connectivity index (χ2n) is 6.20. The van der Waals surface area contributed by atoms with Crippen LogP contribution in [0.15, 0.2) is 18.2 Å². The molecule has 0 saturated carbocycles. The maximum Gasteiger partial charge on any atom is 0.497 e. The number of benzene rings is 1. The summed E-state index contributed by atoms with van der Waals surface area (Å²) in [5.74, 6) is 0.151. The Labute approximate surface area is 125 Å². The lowest BCUT2D eigenvalue weighted by Crippen LogP contribution is -2.41. The van der Waals surface area contributed by atoms with Gasteiger partial charge in [-0.3, -0.25) is 0 Å². The summed E-state index contributed by atoms with van der Waals surface area (Å²) < 4.78 is 31.2. The molecule has 4 nitrogen and oxygen atoms in total. The van der Waals surface area contributed by atoms with Gasteiger partial charge in [-0.25, -0.2) is 4.39 Å². The SMILES string of the molecule is CC1(C)OB(c2cc(OCCCO)ccc2F)OC1(C)C. The van der Waals surface area contributed by atoms with Gasteiger partial charge in [0.15, 0.2) is 0 Å². The summed E-state index contributed by atoms with van der Waals surface area (Å²) in [6, 6.07) is 4.49. The fraction of sp³-hybridized carbons (Fsp3) is 0.600. The summed E-state index contributed by atoms with van der Waals surface area (Å²) in [4.78, 5) is 0. The van der Waals surface area contributed by atoms with E-state index in [9.17, 15) is 4.39 Å². The lowest BCUT2D eigenvalue weighted by molar-refractivity contribution is 0.00578. The number of rotatable bonds is 5. The van der Waals surface area contributed by atoms with Gasteiger partial charge in [-0.05, 0) is 45.9 Å². The topological polar surface area (TPSA) is 47.9 Å². The Morgan fingerprint density at radius 1 is 1.19 bits per heavy atom. The fourth-order valence-corrected chi connectivity index (χ4v) is 2.02. The molecular weight excluding hydrogens is 274 g/mol. The average molecular weight is 296 g/mol. The standard InChI is InChI=1S/C15H22BFO4/c1-14(2)15(3,4)21-16(20-14)12-10-11(6-7-13(12)17)19-9-5-8-18/h6-7,10,18H,5,8-9H2,1-4H3. The van der Waals surface area contributed by atoms with E-state index in [-0.39, 0.29) is 12.4 Å². The Morgan fingerprint density at radius 3 is 2.38 bits per heavy atom. The second-order valence-corrected chi connectivity index (χ2v) is 6.20. The maximum absolute atomic E-state index is 14.1. The monoisotopic (exact) mass is 296 g/mol. The number of hydrogen-bond acceptors (Lipinski definition) is 4. The van der Waals surface area contributed by atoms with Crippen molar-refractivity contribution in [3.8, 4) is 5.75 Å². The highest BCUT2D eigenvalue weighted by molar-refractivity contribution is 6.62. The van der Waals surface area contributed by atoms with Gasteiger partial charge in [0.1, 0.15) is 11.6 Å². The van der Waals surface area contributed by atoms with Crippen LogP contribution in [0.1, 0.15) is 34.1 Å². The summed E-state index contributed by atoms with van der Waals surface area (Å²) >= 11 is 0. The average Bonchev–Trinajstić information content (AvgIpc) is 2.60. The normalized spacial score (nSPS) is 19.8. The van der Waals surface area contributed by atoms with Gasteiger partial charge < -0.3 is 19.2 Å². The van der Waals surface area contributed by atoms with Gasteiger partial charge >= 0.3 is 7.12 Å². The first-order chi connectivity index (χ1) is 9.77. The zero-order valence-corrected chi connectivity index (χ0v) is 13.0. The molecule has 1 fully saturated rings. The van der Waals surface area contributed by atoms with Crippen LogP contribution < -0.4 is 10.2 Å². The minimum Gasteiger partial charge on any atom is -0.494 e. The van der Waals surface area contributed by atoms with Crippen molar-refractivity contribution in [2.45, 2.75) is 45.3 Å². The van der Waals surface area contributed by atoms with Crippen LogP contribution in [0.4, 0.5) is 4.39 Å². The second kappa shape index (κ2) is 5.95. The first-order valence-electron chi connectivity index (χ1n) is 7.15. The molecular formula is C15H22BFO4. The quantitative estimate of drug-likeness (QED) is 0.666. The molecule has 116 valence electrons. The Hall–Kier alpha value is -1.11. The fourth-order valence-electron chi connectivity index (χ4n) is 2.02. The largest absolute Gasteiger partial charge is 0.497 e. The number of halogens is 1. The molecule has 0 spiro atoms. The van der Waals surface area contributed by atoms with Crippen molar-refractivity contribution in [1.82, 2.24) is 0 Å². The zero-order chi connectivity index (χ0) is 15.7. The molecule has 0 amide bonds. The number of aliphatic hydroxyl groups is 1. The highest BCUT2D eigenvalue weighted by atomic mass is 19.1. The third-order valence-electron chi connectivity index (χ3n) is 4.05. The van der Waals surface area contributed by atoms with E-state index in [2.05, 4.69) is 0 Å². The van der Waals surface area contributed by atoms with E-state index < -0.39 is 18.3 Å². The predicted octanol–water partition coefficient (Wildman–Crippen LogP) is 1.89. The smallest absolute Gasteiger partial charge is 0.494 e. The lowest BCUT2D eigenvalue weighted by Gasteiger charge is -2.32. The maximum atomic E-state index is 14.1. The minimum atomic E-state index is -0.753. The van der Waals surface area contributed by atoms with Crippen LogP contribution in [0.5, 0.6) is 5.75 Å². The third-order valence-corrected chi connectivity index (χ3v) is 4.05. The molecule has 0 aliphatic carbocycles. The summed E-state index contributed by atoms with van der Waals surface area (Å²) in [6.45, 7) is 8.13. The molecule has 6 heteroatoms. The molecule has 1 N–H and O–H groups in total. The van der Waals surface area contributed by atoms with Crippen LogP contribution in [-0.4, -0.2) is 36.6 Å². The van der Waals surface area contributed by atoms with Crippen LogP contribution in [0.2, 0.25) is 0 Å². The Morgan fingerprint density at radius 2 is 1.81 bits per heavy atom. The van der Waals surface area contributed by atoms with Crippen molar-refractivity contribution in [1.29, 1.82) is 0 Å². The highest BCUT2D eigenvalue weighted by Gasteiger charge is 2.52. The number of aliphatic hydroxyl groups excluding tert-OH is 1. The van der Waals surface area contributed by atoms with Crippen molar-refractivity contribution in [2.24, 2.45) is 0 Å². The van der Waals surface area contributed by atoms with Gasteiger partial charge in [0.2, 0.25) is 0 Å². The van der Waals surface area contributed by atoms with Gasteiger partial charge in [-0.15, -0.1) is 0 Å². The molecule has 1 aliphatic rings. The van der Waals surface area contributed by atoms with Crippen molar-refractivity contribution < 1.29 is 23.5 Å². The van der Waals surface area contributed by atoms with Crippen molar-refractivity contribution >= 4 is 12.6 Å². The minimum absolute atomic E-state index is 0.0608. The molecule has 1 saturated heterocycles. The van der Waals surface area contributed by atoms with Gasteiger partial charge in [-0.1, -0.05) is 0 Å². The third kappa shape index (κ3) is 3.39. The highest BCUT2D eigenvalue weighted by Crippen LogP contribution is 2.36. The molecule has 1 aromatic rings. The molecule has 0 aromatic heterocycles. The summed E-state index contributed by atoms with van der Waals surface area (Å²) in [7, 11) is -0.753. The van der Waals surface area contributed by atoms with Gasteiger partial charge in [0.25, 0.3) is 0 Å². The van der Waals surface area contributed by atoms with Gasteiger partial charge in [-0.2, -0.15) is 0 Å². The van der Waals surface area contributed by atoms with E-state index in [0.717, 1.165) is 0 Å².